The fraction of sp³-hybridized carbons (Fsp3) is 0.689. The molecule has 0 radical (unpaired) electrons. The normalized spacial score (nSPS) is 8.18. The number of ketones is 1. The van der Waals surface area contributed by atoms with E-state index in [9.17, 15) is 60.0 Å². The average Bonchev–Trinajstić information content (AvgIpc) is 3.68. The molecule has 0 rings (SSSR count). The molecule has 0 aromatic rings. The summed E-state index contributed by atoms with van der Waals surface area (Å²) in [6.07, 6.45) is 3.27. The molecular weight excluding hydrogens is 1370 g/mol. The van der Waals surface area contributed by atoms with Crippen molar-refractivity contribution in [2.45, 2.75) is 20.8 Å². The van der Waals surface area contributed by atoms with Crippen molar-refractivity contribution in [2.24, 2.45) is 0 Å². The number of nitrogens with one attached hydrogen (secondary N) is 17. The molecule has 0 aliphatic heterocycles. The van der Waals surface area contributed by atoms with Crippen molar-refractivity contribution in [3.8, 4) is 0 Å². The molecule has 0 aromatic heterocycles. The number of nitrogens with zero attached hydrogens (tertiary/aromatic N) is 3. The summed E-state index contributed by atoms with van der Waals surface area (Å²) < 4.78 is 62.2. The Hall–Kier alpha value is -5.88. The number of hydrogen-bond acceptors (Lipinski definition) is 23. The third-order valence-electron chi connectivity index (χ3n) is 6.83. The molecule has 45 heteroatoms. The van der Waals surface area contributed by atoms with Crippen LogP contribution in [0.1, 0.15) is 20.8 Å². The molecule has 0 aromatic carbocycles. The Bertz CT molecular complexity index is 1910. The van der Waals surface area contributed by atoms with Gasteiger partial charge in [0.2, 0.25) is 11.7 Å². The Morgan fingerprint density at radius 1 is 0.422 bits per heavy atom. The molecular formula is C45H110N20O16S9. The number of amides is 9. The van der Waals surface area contributed by atoms with Gasteiger partial charge in [-0.05, 0) is 56.1 Å². The Morgan fingerprint density at radius 3 is 0.822 bits per heavy atom. The minimum atomic E-state index is -3.16. The highest BCUT2D eigenvalue weighted by atomic mass is 32.2. The van der Waals surface area contributed by atoms with E-state index in [0.29, 0.717) is 10.3 Å². The van der Waals surface area contributed by atoms with Gasteiger partial charge in [0, 0.05) is 176 Å². The maximum absolute atomic E-state index is 10.5. The zero-order valence-electron chi connectivity index (χ0n) is 58.0. The Balaban J connectivity index is -0.0000000577. The van der Waals surface area contributed by atoms with Crippen LogP contribution in [0.25, 0.3) is 0 Å². The molecule has 0 fully saturated rings. The van der Waals surface area contributed by atoms with Crippen LogP contribution in [0.5, 0.6) is 0 Å². The van der Waals surface area contributed by atoms with Crippen LogP contribution >= 0.6 is 84.6 Å². The van der Waals surface area contributed by atoms with E-state index in [4.69, 9.17) is 24.4 Å². The monoisotopic (exact) mass is 1470 g/mol. The van der Waals surface area contributed by atoms with Crippen molar-refractivity contribution in [2.75, 3.05) is 196 Å². The van der Waals surface area contributed by atoms with Gasteiger partial charge >= 0.3 is 30.0 Å². The highest BCUT2D eigenvalue weighted by molar-refractivity contribution is 8.22. The van der Waals surface area contributed by atoms with Crippen molar-refractivity contribution in [3.63, 3.8) is 0 Å². The first kappa shape index (κ1) is 118. The van der Waals surface area contributed by atoms with Crippen molar-refractivity contribution >= 4 is 183 Å². The largest absolute Gasteiger partial charge is 0.474 e. The number of likely N-dealkylation sites (N-methyl/N-ethyl adjacent to an activating group) is 2. The summed E-state index contributed by atoms with van der Waals surface area (Å²) in [6, 6.07) is -0.227. The summed E-state index contributed by atoms with van der Waals surface area (Å²) in [5.41, 5.74) is 0. The fourth-order valence-corrected chi connectivity index (χ4v) is 2.74. The van der Waals surface area contributed by atoms with Gasteiger partial charge in [-0.1, -0.05) is 36.2 Å². The summed E-state index contributed by atoms with van der Waals surface area (Å²) in [7, 11) is 34.8. The van der Waals surface area contributed by atoms with Gasteiger partial charge in [-0.3, -0.25) is 24.0 Å². The van der Waals surface area contributed by atoms with Crippen LogP contribution in [0.4, 0.5) is 19.2 Å². The average molecular weight is 1480 g/mol. The van der Waals surface area contributed by atoms with Gasteiger partial charge in [0.1, 0.15) is 4.32 Å². The topological polar surface area (TPSA) is 464 Å². The SMILES string of the molecule is CNC(=O)C(=O)OC.CNC(=O)C(C)=O.CNC(=O)N(C)C.CNC(=O)NC.CNC(=O)OC.CNC(=O)SC.CNC(=S)N(C)C.CNC(=S)NC.CNC(=S)OC.CNC(=S)SC.CNC(C)=O.CNC(C)=S.CNS(=O)(=O)N(C)C.CNS(=O)(=O)NC. The van der Waals surface area contributed by atoms with E-state index in [-0.39, 0.29) is 23.2 Å². The lowest BCUT2D eigenvalue weighted by Gasteiger charge is -2.11. The number of hydrogen-bond donors (Lipinski definition) is 17. The molecule has 0 saturated heterocycles. The number of thioether (sulfide) groups is 2. The van der Waals surface area contributed by atoms with E-state index in [0.717, 1.165) is 25.8 Å². The van der Waals surface area contributed by atoms with E-state index in [1.54, 1.807) is 88.5 Å². The van der Waals surface area contributed by atoms with Gasteiger partial charge in [0.15, 0.2) is 10.2 Å². The Labute approximate surface area is 572 Å². The number of carbonyl (C=O) groups is 9. The molecule has 0 saturated carbocycles. The Morgan fingerprint density at radius 2 is 0.811 bits per heavy atom. The van der Waals surface area contributed by atoms with Crippen molar-refractivity contribution in [1.82, 2.24) is 103 Å². The lowest BCUT2D eigenvalue weighted by atomic mass is 10.4. The molecule has 0 bridgehead atoms. The van der Waals surface area contributed by atoms with E-state index in [2.05, 4.69) is 139 Å². The van der Waals surface area contributed by atoms with E-state index in [1.807, 2.05) is 53.3 Å². The van der Waals surface area contributed by atoms with Gasteiger partial charge in [-0.25, -0.2) is 33.3 Å². The van der Waals surface area contributed by atoms with Crippen LogP contribution in [-0.2, 0) is 58.6 Å². The van der Waals surface area contributed by atoms with Gasteiger partial charge in [0.05, 0.1) is 26.3 Å². The highest BCUT2D eigenvalue weighted by Gasteiger charge is 2.09. The van der Waals surface area contributed by atoms with Crippen LogP contribution in [0.2, 0.25) is 0 Å². The molecule has 0 atom stereocenters. The van der Waals surface area contributed by atoms with Crippen molar-refractivity contribution in [3.05, 3.63) is 0 Å². The summed E-state index contributed by atoms with van der Waals surface area (Å²) in [4.78, 5) is 94.3. The summed E-state index contributed by atoms with van der Waals surface area (Å²) in [5, 5.41) is 36.9. The van der Waals surface area contributed by atoms with Crippen LogP contribution in [0.3, 0.4) is 0 Å². The number of methoxy groups -OCH3 is 3. The first-order valence-electron chi connectivity index (χ1n) is 24.5. The van der Waals surface area contributed by atoms with Crippen LogP contribution in [-0.4, -0.2) is 304 Å². The van der Waals surface area contributed by atoms with Gasteiger partial charge < -0.3 is 98.4 Å². The van der Waals surface area contributed by atoms with Crippen molar-refractivity contribution < 1.29 is 74.2 Å². The van der Waals surface area contributed by atoms with Crippen LogP contribution in [0.15, 0.2) is 0 Å². The minimum Gasteiger partial charge on any atom is -0.474 e. The van der Waals surface area contributed by atoms with Crippen LogP contribution in [0, 0.1) is 0 Å². The lowest BCUT2D eigenvalue weighted by Crippen LogP contribution is -2.32. The predicted octanol–water partition coefficient (Wildman–Crippen LogP) is -2.94. The maximum Gasteiger partial charge on any atom is 0.406 e. The summed E-state index contributed by atoms with van der Waals surface area (Å²) in [6.45, 7) is 4.54. The first-order valence-corrected chi connectivity index (χ1v) is 31.9. The predicted molar refractivity (Wildman–Crippen MR) is 388 cm³/mol. The Kier molecular flexibility index (Phi) is 118. The number of thiocarbonyl (C=S) groups is 5. The first-order chi connectivity index (χ1) is 41.3. The molecule has 17 N–H and O–H groups in total. The van der Waals surface area contributed by atoms with Crippen molar-refractivity contribution in [1.29, 1.82) is 0 Å². The quantitative estimate of drug-likeness (QED) is 0.0744. The second kappa shape index (κ2) is 89.5. The third kappa shape index (κ3) is 136. The number of ether oxygens (including phenoxy) is 3. The maximum atomic E-state index is 10.5. The molecule has 0 aliphatic rings. The molecule has 90 heavy (non-hydrogen) atoms. The number of carbonyl (C=O) groups excluding carboxylic acids is 9. The number of urea groups is 2. The summed E-state index contributed by atoms with van der Waals surface area (Å²) >= 11 is 26.0. The van der Waals surface area contributed by atoms with Gasteiger partial charge in [-0.15, -0.1) is 11.8 Å². The zero-order valence-corrected chi connectivity index (χ0v) is 65.4. The molecule has 0 unspecified atom stereocenters. The number of esters is 1. The molecule has 36 nitrogen and oxygen atoms in total. The van der Waals surface area contributed by atoms with Gasteiger partial charge in [0.25, 0.3) is 36.7 Å². The number of alkyl carbamates (subject to hydrolysis) is 1. The molecule has 9 amide bonds. The lowest BCUT2D eigenvalue weighted by molar-refractivity contribution is -0.152. The molecule has 0 aliphatic carbocycles. The number of Topliss-reactive ketones (excluding diaryl/α,β-unsaturated/α-hetero) is 1. The summed E-state index contributed by atoms with van der Waals surface area (Å²) in [5.74, 6) is -2.59. The van der Waals surface area contributed by atoms with E-state index < -0.39 is 50.1 Å². The standard InChI is InChI=1S/C4H10N2O.C4H10N2S.C4H7NO3.C4H7NO2.C3H10N2O2S.C3H8N2O.C3H8N2S.C3H7NO2.2C3H7NOS.C3H7NO.C3H7NS2.C3H7NS.C2H8N2O2S/c2*1-5-4(7)6(2)3;1-5-3(6)4(7)8-2;1-3(6)4(7)5-2;1-4-8(6,7)5(2)3;2*1-4-3(6)5-2;2*1-4-3(5)6-2;1-4-3(6)5-2;1-3(5)4-2;1-4-3(5)6-2;1-3(5)4-2;1-3-7(5,6)4-2/h2*1-3H3,(H,5,7);1-2H3,(H,5,6);1-2H3,(H,5,7);4H,1-3H3;2*1-2H3,(H2,4,5,6);2*1-2H3,(H,4,5);1-2H3,(H,4,6);1-2H3,(H,4,5);1-2H3,(H,4,5);1-2H3,(H,4,5);3-4H,1-2H3. The minimum absolute atomic E-state index is 0.00463. The molecule has 0 spiro atoms. The van der Waals surface area contributed by atoms with E-state index in [1.165, 1.54) is 101 Å². The fourth-order valence-electron chi connectivity index (χ4n) is 1.76. The second-order valence-electron chi connectivity index (χ2n) is 13.7. The highest BCUT2D eigenvalue weighted by Crippen LogP contribution is 1.90. The smallest absolute Gasteiger partial charge is 0.406 e. The van der Waals surface area contributed by atoms with Gasteiger partial charge in [-0.2, -0.15) is 21.1 Å². The zero-order chi connectivity index (χ0) is 75.4. The third-order valence-corrected chi connectivity index (χ3v) is 12.8. The molecule has 0 heterocycles. The number of rotatable bonds is 5. The molecule has 540 valence electrons. The van der Waals surface area contributed by atoms with Crippen LogP contribution < -0.4 is 88.6 Å². The van der Waals surface area contributed by atoms with E-state index >= 15 is 0 Å². The second-order valence-corrected chi connectivity index (χ2v) is 21.7.